The molecule has 150 valence electrons. The van der Waals surface area contributed by atoms with Crippen molar-refractivity contribution in [2.45, 2.75) is 44.5 Å². The number of halogens is 1. The molecule has 4 atom stereocenters. The largest absolute Gasteiger partial charge is 0.474 e. The lowest BCUT2D eigenvalue weighted by Crippen LogP contribution is -2.55. The van der Waals surface area contributed by atoms with Gasteiger partial charge in [0.1, 0.15) is 11.8 Å². The van der Waals surface area contributed by atoms with Crippen molar-refractivity contribution in [2.24, 2.45) is 0 Å². The molecular formula is C17H17FN2O7S. The Balaban J connectivity index is 2.30. The molecule has 2 rings (SSSR count). The van der Waals surface area contributed by atoms with E-state index in [0.29, 0.717) is 0 Å². The van der Waals surface area contributed by atoms with E-state index in [0.717, 1.165) is 37.9 Å². The first-order chi connectivity index (χ1) is 13.2. The number of hydrogen-bond donors (Lipinski definition) is 0. The van der Waals surface area contributed by atoms with Crippen molar-refractivity contribution in [3.8, 4) is 11.8 Å². The van der Waals surface area contributed by atoms with Gasteiger partial charge in [0, 0.05) is 32.6 Å². The Hall–Kier alpha value is -2.87. The first kappa shape index (κ1) is 21.4. The molecule has 0 aliphatic carbocycles. The van der Waals surface area contributed by atoms with E-state index in [-0.39, 0.29) is 11.5 Å². The normalized spacial score (nSPS) is 23.8. The zero-order valence-corrected chi connectivity index (χ0v) is 16.0. The number of ether oxygens (including phenoxy) is 4. The second kappa shape index (κ2) is 9.36. The summed E-state index contributed by atoms with van der Waals surface area (Å²) in [5, 5.41) is 8.75. The van der Waals surface area contributed by atoms with Crippen molar-refractivity contribution >= 4 is 29.7 Å². The lowest BCUT2D eigenvalue weighted by Gasteiger charge is -2.39. The van der Waals surface area contributed by atoms with Gasteiger partial charge >= 0.3 is 17.9 Å². The van der Waals surface area contributed by atoms with Crippen molar-refractivity contribution in [3.05, 3.63) is 23.8 Å². The average molecular weight is 412 g/mol. The highest BCUT2D eigenvalue weighted by molar-refractivity contribution is 7.99. The van der Waals surface area contributed by atoms with Crippen LogP contribution in [-0.4, -0.2) is 52.4 Å². The maximum atomic E-state index is 13.8. The summed E-state index contributed by atoms with van der Waals surface area (Å²) in [7, 11) is 0. The topological polar surface area (TPSA) is 125 Å². The molecular weight excluding hydrogens is 395 g/mol. The molecule has 0 radical (unpaired) electrons. The summed E-state index contributed by atoms with van der Waals surface area (Å²) in [6, 6.07) is 2.56. The Bertz CT molecular complexity index is 813. The zero-order chi connectivity index (χ0) is 20.8. The fourth-order valence-corrected chi connectivity index (χ4v) is 3.73. The molecule has 0 bridgehead atoms. The van der Waals surface area contributed by atoms with E-state index in [4.69, 9.17) is 24.2 Å². The van der Waals surface area contributed by atoms with Crippen molar-refractivity contribution in [3.63, 3.8) is 0 Å². The van der Waals surface area contributed by atoms with E-state index in [1.807, 2.05) is 0 Å². The third kappa shape index (κ3) is 5.56. The van der Waals surface area contributed by atoms with Gasteiger partial charge in [-0.25, -0.2) is 9.37 Å². The predicted molar refractivity (Wildman–Crippen MR) is 92.4 cm³/mol. The van der Waals surface area contributed by atoms with Crippen LogP contribution in [0.15, 0.2) is 12.3 Å². The molecule has 0 amide bonds. The van der Waals surface area contributed by atoms with Gasteiger partial charge in [-0.15, -0.1) is 11.8 Å². The van der Waals surface area contributed by atoms with Crippen LogP contribution in [0.5, 0.6) is 5.75 Å². The number of nitriles is 1. The Morgan fingerprint density at radius 2 is 1.75 bits per heavy atom. The van der Waals surface area contributed by atoms with Gasteiger partial charge in [-0.2, -0.15) is 5.26 Å². The fraction of sp³-hybridized carbons (Fsp3) is 0.471. The standard InChI is InChI=1S/C17H17FN2O7S/c1-8(21)24-14-7-28-17(16(26-10(3)23)15(14)25-9(2)22)27-11-4-12(18)13(5-19)20-6-11/h4,6,14-17H,7H2,1-3H3/t14-,15+,16-,17+/m1/s1. The van der Waals surface area contributed by atoms with E-state index in [1.165, 1.54) is 6.92 Å². The summed E-state index contributed by atoms with van der Waals surface area (Å²) in [6.45, 7) is 3.52. The van der Waals surface area contributed by atoms with Gasteiger partial charge in [0.05, 0.1) is 6.20 Å². The third-order valence-electron chi connectivity index (χ3n) is 3.48. The molecule has 1 aromatic rings. The molecule has 1 aromatic heterocycles. The number of rotatable bonds is 5. The number of carbonyl (C=O) groups is 3. The summed E-state index contributed by atoms with van der Waals surface area (Å²) in [6.07, 6.45) is -1.98. The molecule has 0 aromatic carbocycles. The first-order valence-corrected chi connectivity index (χ1v) is 9.11. The van der Waals surface area contributed by atoms with Gasteiger partial charge in [0.25, 0.3) is 0 Å². The van der Waals surface area contributed by atoms with Crippen LogP contribution in [0.1, 0.15) is 26.5 Å². The number of esters is 3. The smallest absolute Gasteiger partial charge is 0.303 e. The molecule has 0 unspecified atom stereocenters. The second-order valence-corrected chi connectivity index (χ2v) is 6.86. The molecule has 9 nitrogen and oxygen atoms in total. The summed E-state index contributed by atoms with van der Waals surface area (Å²) >= 11 is 1.12. The van der Waals surface area contributed by atoms with Crippen molar-refractivity contribution in [2.75, 3.05) is 5.75 Å². The minimum atomic E-state index is -1.14. The summed E-state index contributed by atoms with van der Waals surface area (Å²) in [5.74, 6) is -2.66. The Kier molecular flexibility index (Phi) is 7.17. The lowest BCUT2D eigenvalue weighted by atomic mass is 10.1. The van der Waals surface area contributed by atoms with Crippen molar-refractivity contribution in [1.29, 1.82) is 5.26 Å². The monoisotopic (exact) mass is 412 g/mol. The van der Waals surface area contributed by atoms with Gasteiger partial charge < -0.3 is 18.9 Å². The summed E-state index contributed by atoms with van der Waals surface area (Å²) in [5.41, 5.74) is -1.30. The van der Waals surface area contributed by atoms with Crippen LogP contribution in [-0.2, 0) is 28.6 Å². The van der Waals surface area contributed by atoms with Crippen LogP contribution < -0.4 is 4.74 Å². The maximum Gasteiger partial charge on any atom is 0.303 e. The molecule has 11 heteroatoms. The molecule has 1 saturated heterocycles. The highest BCUT2D eigenvalue weighted by atomic mass is 32.2. The fourth-order valence-electron chi connectivity index (χ4n) is 2.51. The molecule has 28 heavy (non-hydrogen) atoms. The Labute approximate surface area is 164 Å². The third-order valence-corrected chi connectivity index (χ3v) is 4.69. The highest BCUT2D eigenvalue weighted by Gasteiger charge is 2.47. The van der Waals surface area contributed by atoms with E-state index in [1.54, 1.807) is 6.07 Å². The van der Waals surface area contributed by atoms with Gasteiger partial charge in [-0.05, 0) is 0 Å². The van der Waals surface area contributed by atoms with Crippen LogP contribution >= 0.6 is 11.8 Å². The Morgan fingerprint density at radius 3 is 2.29 bits per heavy atom. The first-order valence-electron chi connectivity index (χ1n) is 8.06. The molecule has 1 fully saturated rings. The van der Waals surface area contributed by atoms with Gasteiger partial charge in [-0.1, -0.05) is 0 Å². The summed E-state index contributed by atoms with van der Waals surface area (Å²) in [4.78, 5) is 38.1. The quantitative estimate of drug-likeness (QED) is 0.517. The number of hydrogen-bond acceptors (Lipinski definition) is 10. The SMILES string of the molecule is CC(=O)O[C@@H]1[C@@H](OC(C)=O)[C@@H](Oc2cnc(C#N)c(F)c2)SC[C@H]1OC(C)=O. The van der Waals surface area contributed by atoms with E-state index >= 15 is 0 Å². The van der Waals surface area contributed by atoms with Gasteiger partial charge in [0.15, 0.2) is 35.3 Å². The molecule has 0 saturated carbocycles. The van der Waals surface area contributed by atoms with Crippen LogP contribution in [0.2, 0.25) is 0 Å². The molecule has 1 aliphatic rings. The van der Waals surface area contributed by atoms with Crippen LogP contribution in [0, 0.1) is 17.1 Å². The zero-order valence-electron chi connectivity index (χ0n) is 15.2. The maximum absolute atomic E-state index is 13.8. The average Bonchev–Trinajstić information content (AvgIpc) is 2.59. The van der Waals surface area contributed by atoms with Crippen molar-refractivity contribution in [1.82, 2.24) is 4.98 Å². The predicted octanol–water partition coefficient (Wildman–Crippen LogP) is 1.34. The number of thioether (sulfide) groups is 1. The van der Waals surface area contributed by atoms with Crippen molar-refractivity contribution < 1.29 is 37.7 Å². The van der Waals surface area contributed by atoms with Crippen LogP contribution in [0.4, 0.5) is 4.39 Å². The summed E-state index contributed by atoms with van der Waals surface area (Å²) < 4.78 is 35.1. The van der Waals surface area contributed by atoms with Gasteiger partial charge in [0.2, 0.25) is 0 Å². The molecule has 2 heterocycles. The minimum absolute atomic E-state index is 0.0151. The number of carbonyl (C=O) groups excluding carboxylic acids is 3. The van der Waals surface area contributed by atoms with Gasteiger partial charge in [-0.3, -0.25) is 14.4 Å². The van der Waals surface area contributed by atoms with E-state index in [9.17, 15) is 18.8 Å². The van der Waals surface area contributed by atoms with Crippen LogP contribution in [0.25, 0.3) is 0 Å². The molecule has 1 aliphatic heterocycles. The second-order valence-electron chi connectivity index (χ2n) is 5.73. The van der Waals surface area contributed by atoms with E-state index in [2.05, 4.69) is 4.98 Å². The molecule has 0 N–H and O–H groups in total. The number of nitrogens with zero attached hydrogens (tertiary/aromatic N) is 2. The number of pyridine rings is 1. The lowest BCUT2D eigenvalue weighted by molar-refractivity contribution is -0.186. The minimum Gasteiger partial charge on any atom is -0.474 e. The number of aromatic nitrogens is 1. The highest BCUT2D eigenvalue weighted by Crippen LogP contribution is 2.34. The van der Waals surface area contributed by atoms with E-state index < -0.39 is 53.2 Å². The molecule has 0 spiro atoms. The Morgan fingerprint density at radius 1 is 1.14 bits per heavy atom. The van der Waals surface area contributed by atoms with Crippen LogP contribution in [0.3, 0.4) is 0 Å².